The smallest absolute Gasteiger partial charge is 0.245 e. The van der Waals surface area contributed by atoms with Crippen LogP contribution in [-0.2, 0) is 16.1 Å². The normalized spacial score (nSPS) is 20.2. The number of hydrogen-bond donors (Lipinski definition) is 1. The van der Waals surface area contributed by atoms with Crippen molar-refractivity contribution in [1.29, 1.82) is 0 Å². The van der Waals surface area contributed by atoms with E-state index in [2.05, 4.69) is 15.4 Å². The highest BCUT2D eigenvalue weighted by Gasteiger charge is 2.29. The zero-order valence-electron chi connectivity index (χ0n) is 12.2. The summed E-state index contributed by atoms with van der Waals surface area (Å²) in [6, 6.07) is -0.239. The van der Waals surface area contributed by atoms with Gasteiger partial charge in [0.2, 0.25) is 11.8 Å². The van der Waals surface area contributed by atoms with Crippen LogP contribution in [0.4, 0.5) is 0 Å². The molecule has 7 nitrogen and oxygen atoms in total. The molecule has 0 bridgehead atoms. The first-order chi connectivity index (χ1) is 9.52. The number of carbonyl (C=O) groups is 2. The van der Waals surface area contributed by atoms with Crippen LogP contribution in [0.25, 0.3) is 0 Å². The van der Waals surface area contributed by atoms with Crippen LogP contribution in [0.15, 0.2) is 6.33 Å². The Kier molecular flexibility index (Phi) is 4.36. The maximum atomic E-state index is 12.4. The van der Waals surface area contributed by atoms with Crippen molar-refractivity contribution < 1.29 is 9.59 Å². The summed E-state index contributed by atoms with van der Waals surface area (Å²) < 4.78 is 1.80. The molecule has 0 saturated carbocycles. The van der Waals surface area contributed by atoms with E-state index in [-0.39, 0.29) is 17.9 Å². The van der Waals surface area contributed by atoms with Gasteiger partial charge in [-0.1, -0.05) is 6.92 Å². The van der Waals surface area contributed by atoms with Crippen LogP contribution >= 0.6 is 0 Å². The average Bonchev–Trinajstić information content (AvgIpc) is 2.83. The molecule has 2 heterocycles. The minimum Gasteiger partial charge on any atom is -0.344 e. The maximum absolute atomic E-state index is 12.4. The van der Waals surface area contributed by atoms with Crippen molar-refractivity contribution >= 4 is 11.8 Å². The van der Waals surface area contributed by atoms with E-state index in [0.29, 0.717) is 25.9 Å². The second kappa shape index (κ2) is 6.02. The summed E-state index contributed by atoms with van der Waals surface area (Å²) in [5.41, 5.74) is 0. The number of nitrogens with one attached hydrogen (secondary N) is 1. The quantitative estimate of drug-likeness (QED) is 0.869. The van der Waals surface area contributed by atoms with Crippen molar-refractivity contribution in [3.8, 4) is 0 Å². The molecular weight excluding hydrogens is 258 g/mol. The molecule has 2 amide bonds. The van der Waals surface area contributed by atoms with Crippen molar-refractivity contribution in [2.45, 2.75) is 52.2 Å². The summed E-state index contributed by atoms with van der Waals surface area (Å²) in [7, 11) is 0. The molecule has 1 aliphatic heterocycles. The summed E-state index contributed by atoms with van der Waals surface area (Å²) in [6.07, 6.45) is 2.42. The van der Waals surface area contributed by atoms with Crippen LogP contribution in [0.2, 0.25) is 0 Å². The summed E-state index contributed by atoms with van der Waals surface area (Å²) >= 11 is 0. The van der Waals surface area contributed by atoms with Gasteiger partial charge in [0, 0.05) is 19.0 Å². The van der Waals surface area contributed by atoms with Gasteiger partial charge in [-0.2, -0.15) is 5.10 Å². The van der Waals surface area contributed by atoms with E-state index in [0.717, 1.165) is 5.82 Å². The molecule has 20 heavy (non-hydrogen) atoms. The van der Waals surface area contributed by atoms with Gasteiger partial charge in [0.15, 0.2) is 0 Å². The Bertz CT molecular complexity index is 497. The molecule has 1 fully saturated rings. The van der Waals surface area contributed by atoms with Crippen LogP contribution < -0.4 is 5.32 Å². The highest BCUT2D eigenvalue weighted by Crippen LogP contribution is 2.12. The molecule has 1 unspecified atom stereocenters. The number of rotatable bonds is 4. The van der Waals surface area contributed by atoms with Crippen LogP contribution in [0.5, 0.6) is 0 Å². The molecule has 0 aromatic carbocycles. The van der Waals surface area contributed by atoms with Gasteiger partial charge in [0.05, 0.1) is 6.54 Å². The molecule has 1 N–H and O–H groups in total. The van der Waals surface area contributed by atoms with E-state index in [1.807, 2.05) is 20.8 Å². The van der Waals surface area contributed by atoms with Gasteiger partial charge < -0.3 is 10.2 Å². The van der Waals surface area contributed by atoms with Gasteiger partial charge in [-0.15, -0.1) is 0 Å². The van der Waals surface area contributed by atoms with Gasteiger partial charge >= 0.3 is 0 Å². The molecule has 1 aliphatic rings. The third-order valence-corrected chi connectivity index (χ3v) is 3.43. The third kappa shape index (κ3) is 2.97. The molecule has 0 aliphatic carbocycles. The average molecular weight is 279 g/mol. The second-order valence-electron chi connectivity index (χ2n) is 5.25. The lowest BCUT2D eigenvalue weighted by molar-refractivity contribution is -0.134. The third-order valence-electron chi connectivity index (χ3n) is 3.43. The van der Waals surface area contributed by atoms with Gasteiger partial charge in [-0.25, -0.2) is 9.67 Å². The van der Waals surface area contributed by atoms with Gasteiger partial charge in [-0.3, -0.25) is 9.59 Å². The van der Waals surface area contributed by atoms with E-state index < -0.39 is 6.04 Å². The Hall–Kier alpha value is -1.92. The lowest BCUT2D eigenvalue weighted by atomic mass is 10.2. The fourth-order valence-corrected chi connectivity index (χ4v) is 2.32. The highest BCUT2D eigenvalue weighted by molar-refractivity contribution is 5.89. The first-order valence-electron chi connectivity index (χ1n) is 6.99. The van der Waals surface area contributed by atoms with E-state index in [4.69, 9.17) is 0 Å². The van der Waals surface area contributed by atoms with Crippen molar-refractivity contribution in [3.05, 3.63) is 12.2 Å². The molecule has 1 aromatic rings. The molecule has 110 valence electrons. The van der Waals surface area contributed by atoms with Crippen LogP contribution in [0.3, 0.4) is 0 Å². The van der Waals surface area contributed by atoms with Crippen LogP contribution in [0.1, 0.15) is 45.5 Å². The summed E-state index contributed by atoms with van der Waals surface area (Å²) in [5, 5.41) is 6.92. The molecular formula is C13H21N5O2. The number of hydrogen-bond acceptors (Lipinski definition) is 4. The fourth-order valence-electron chi connectivity index (χ4n) is 2.32. The van der Waals surface area contributed by atoms with Crippen molar-refractivity contribution in [3.63, 3.8) is 0 Å². The number of nitrogens with zero attached hydrogens (tertiary/aromatic N) is 4. The molecule has 1 aromatic heterocycles. The molecule has 0 radical (unpaired) electrons. The van der Waals surface area contributed by atoms with E-state index in [1.54, 1.807) is 9.58 Å². The minimum atomic E-state index is -0.430. The lowest BCUT2D eigenvalue weighted by Gasteiger charge is -2.23. The van der Waals surface area contributed by atoms with Crippen molar-refractivity contribution in [2.24, 2.45) is 0 Å². The Labute approximate surface area is 118 Å². The standard InChI is InChI=1S/C13H21N5O2/c1-4-10-13(20)17(6-5-12(19)16-10)7-11-14-8-15-18(11)9(2)3/h8-10H,4-7H2,1-3H3,(H,16,19). The molecule has 1 saturated heterocycles. The van der Waals surface area contributed by atoms with E-state index in [9.17, 15) is 9.59 Å². The Morgan fingerprint density at radius 1 is 1.45 bits per heavy atom. The Morgan fingerprint density at radius 3 is 2.85 bits per heavy atom. The number of carbonyl (C=O) groups excluding carboxylic acids is 2. The number of amides is 2. The lowest BCUT2D eigenvalue weighted by Crippen LogP contribution is -2.44. The SMILES string of the molecule is CCC1NC(=O)CCN(Cc2ncnn2C(C)C)C1=O. The molecule has 0 spiro atoms. The monoisotopic (exact) mass is 279 g/mol. The Balaban J connectivity index is 2.16. The summed E-state index contributed by atoms with van der Waals surface area (Å²) in [6.45, 7) is 6.74. The van der Waals surface area contributed by atoms with Crippen molar-refractivity contribution in [2.75, 3.05) is 6.54 Å². The second-order valence-corrected chi connectivity index (χ2v) is 5.25. The Morgan fingerprint density at radius 2 is 2.20 bits per heavy atom. The summed E-state index contributed by atoms with van der Waals surface area (Å²) in [5.74, 6) is 0.632. The topological polar surface area (TPSA) is 80.1 Å². The first-order valence-corrected chi connectivity index (χ1v) is 6.99. The largest absolute Gasteiger partial charge is 0.344 e. The van der Waals surface area contributed by atoms with Crippen molar-refractivity contribution in [1.82, 2.24) is 25.0 Å². The van der Waals surface area contributed by atoms with Crippen LogP contribution in [0, 0.1) is 0 Å². The zero-order chi connectivity index (χ0) is 14.7. The van der Waals surface area contributed by atoms with Gasteiger partial charge in [0.1, 0.15) is 18.2 Å². The zero-order valence-corrected chi connectivity index (χ0v) is 12.2. The molecule has 2 rings (SSSR count). The van der Waals surface area contributed by atoms with Gasteiger partial charge in [-0.05, 0) is 20.3 Å². The predicted octanol–water partition coefficient (Wildman–Crippen LogP) is 0.486. The first kappa shape index (κ1) is 14.5. The minimum absolute atomic E-state index is 0.0448. The van der Waals surface area contributed by atoms with E-state index >= 15 is 0 Å². The fraction of sp³-hybridized carbons (Fsp3) is 0.692. The highest BCUT2D eigenvalue weighted by atomic mass is 16.2. The van der Waals surface area contributed by atoms with E-state index in [1.165, 1.54) is 6.33 Å². The number of aromatic nitrogens is 3. The summed E-state index contributed by atoms with van der Waals surface area (Å²) in [4.78, 5) is 29.9. The molecule has 7 heteroatoms. The predicted molar refractivity (Wildman–Crippen MR) is 72.7 cm³/mol. The van der Waals surface area contributed by atoms with Gasteiger partial charge in [0.25, 0.3) is 0 Å². The molecule has 1 atom stereocenters. The van der Waals surface area contributed by atoms with Crippen LogP contribution in [-0.4, -0.2) is 44.1 Å². The maximum Gasteiger partial charge on any atom is 0.245 e.